The van der Waals surface area contributed by atoms with Crippen LogP contribution >= 0.6 is 0 Å². The largest absolute Gasteiger partial charge is 0.673 e. The first-order valence-corrected chi connectivity index (χ1v) is 6.70. The Kier molecular flexibility index (Phi) is 5.21. The monoisotopic (exact) mass is 324 g/mol. The topological polar surface area (TPSA) is 20.5 Å². The van der Waals surface area contributed by atoms with Crippen molar-refractivity contribution in [1.29, 1.82) is 0 Å². The summed E-state index contributed by atoms with van der Waals surface area (Å²) in [5.41, 5.74) is 1.94. The van der Waals surface area contributed by atoms with Crippen molar-refractivity contribution < 1.29 is 26.4 Å². The van der Waals surface area contributed by atoms with E-state index in [0.29, 0.717) is 0 Å². The van der Waals surface area contributed by atoms with Crippen molar-refractivity contribution in [3.63, 3.8) is 0 Å². The predicted octanol–water partition coefficient (Wildman–Crippen LogP) is 5.69. The van der Waals surface area contributed by atoms with Gasteiger partial charge in [-0.2, -0.15) is 0 Å². The molecule has 0 aliphatic heterocycles. The van der Waals surface area contributed by atoms with Gasteiger partial charge in [0.05, 0.1) is 18.1 Å². The van der Waals surface area contributed by atoms with Gasteiger partial charge >= 0.3 is 18.6 Å². The van der Waals surface area contributed by atoms with E-state index in [4.69, 9.17) is 9.15 Å². The van der Waals surface area contributed by atoms with E-state index in [2.05, 4.69) is 6.07 Å². The van der Waals surface area contributed by atoms with Gasteiger partial charge in [0.1, 0.15) is 5.75 Å². The van der Waals surface area contributed by atoms with Crippen molar-refractivity contribution in [3.8, 4) is 17.1 Å². The maximum atomic E-state index is 9.75. The highest BCUT2D eigenvalue weighted by Gasteiger charge is 2.20. The van der Waals surface area contributed by atoms with Crippen LogP contribution in [0.1, 0.15) is 0 Å². The summed E-state index contributed by atoms with van der Waals surface area (Å²) >= 11 is 0. The average Bonchev–Trinajstić information content (AvgIpc) is 2.53. The summed E-state index contributed by atoms with van der Waals surface area (Å²) in [7, 11) is -4.34. The van der Waals surface area contributed by atoms with Crippen LogP contribution in [-0.4, -0.2) is 14.4 Å². The minimum absolute atomic E-state index is 0.847. The fourth-order valence-corrected chi connectivity index (χ4v) is 1.94. The Morgan fingerprint density at radius 1 is 0.826 bits per heavy atom. The van der Waals surface area contributed by atoms with Crippen molar-refractivity contribution in [1.82, 2.24) is 0 Å². The lowest BCUT2D eigenvalue weighted by molar-refractivity contribution is 0.368. The molecule has 7 heteroatoms. The molecule has 1 heterocycles. The molecule has 0 saturated carbocycles. The number of fused-ring (bicyclic) bond motifs is 1. The van der Waals surface area contributed by atoms with Crippen molar-refractivity contribution >= 4 is 18.2 Å². The zero-order valence-corrected chi connectivity index (χ0v) is 12.2. The zero-order chi connectivity index (χ0) is 16.9. The van der Waals surface area contributed by atoms with Crippen LogP contribution in [0.3, 0.4) is 0 Å². The van der Waals surface area contributed by atoms with E-state index in [-0.39, 0.29) is 0 Å². The lowest BCUT2D eigenvalue weighted by Crippen LogP contribution is -2.02. The molecule has 120 valence electrons. The molecular weight excluding hydrogens is 311 g/mol. The van der Waals surface area contributed by atoms with Crippen LogP contribution in [0.4, 0.5) is 17.3 Å². The van der Waals surface area contributed by atoms with Crippen molar-refractivity contribution in [3.05, 3.63) is 60.7 Å². The molecule has 0 bridgehead atoms. The summed E-state index contributed by atoms with van der Waals surface area (Å²) in [5, 5.41) is 1.11. The van der Waals surface area contributed by atoms with E-state index in [0.717, 1.165) is 28.0 Å². The van der Waals surface area contributed by atoms with Crippen LogP contribution < -0.4 is 4.74 Å². The maximum Gasteiger partial charge on any atom is 0.673 e. The van der Waals surface area contributed by atoms with Crippen LogP contribution in [0.15, 0.2) is 65.1 Å². The fraction of sp³-hybridized carbons (Fsp3) is 0.0625. The summed E-state index contributed by atoms with van der Waals surface area (Å²) in [6.45, 7) is 0. The van der Waals surface area contributed by atoms with Crippen molar-refractivity contribution in [2.24, 2.45) is 0 Å². The third kappa shape index (κ3) is 5.28. The molecule has 0 fully saturated rings. The molecule has 0 spiro atoms. The van der Waals surface area contributed by atoms with E-state index in [9.17, 15) is 17.3 Å². The first kappa shape index (κ1) is 16.8. The van der Waals surface area contributed by atoms with Crippen LogP contribution in [0.2, 0.25) is 0 Å². The highest BCUT2D eigenvalue weighted by molar-refractivity contribution is 6.50. The van der Waals surface area contributed by atoms with E-state index in [1.165, 1.54) is 0 Å². The number of rotatable bonds is 2. The normalized spacial score (nSPS) is 10.8. The SMILES string of the molecule is COc1ccc(-c2ccc3ccccc3[o+]2)cc1.F[B-](F)(F)F. The third-order valence-corrected chi connectivity index (χ3v) is 2.93. The predicted molar refractivity (Wildman–Crippen MR) is 82.8 cm³/mol. The molecule has 1 aromatic heterocycles. The highest BCUT2D eigenvalue weighted by Crippen LogP contribution is 2.25. The molecule has 0 saturated heterocycles. The van der Waals surface area contributed by atoms with E-state index in [1.807, 2.05) is 54.6 Å². The molecule has 3 aromatic rings. The number of methoxy groups -OCH3 is 1. The molecule has 0 aliphatic rings. The number of para-hydroxylation sites is 1. The lowest BCUT2D eigenvalue weighted by atomic mass is 10.1. The molecule has 0 unspecified atom stereocenters. The number of benzene rings is 2. The standard InChI is InChI=1S/C16H13O2.BF4/c1-17-14-9-6-13(7-10-14)16-11-8-12-4-2-3-5-15(12)18-16;2-1(3,4)5/h2-11H,1H3;/q+1;-1. The second kappa shape index (κ2) is 7.13. The molecule has 23 heavy (non-hydrogen) atoms. The molecule has 0 N–H and O–H groups in total. The Morgan fingerprint density at radius 2 is 1.43 bits per heavy atom. The first-order valence-electron chi connectivity index (χ1n) is 6.70. The Labute approximate surface area is 130 Å². The summed E-state index contributed by atoms with van der Waals surface area (Å²) in [4.78, 5) is 0. The van der Waals surface area contributed by atoms with Gasteiger partial charge in [-0.3, -0.25) is 0 Å². The highest BCUT2D eigenvalue weighted by atomic mass is 19.5. The van der Waals surface area contributed by atoms with Gasteiger partial charge in [0.15, 0.2) is 0 Å². The van der Waals surface area contributed by atoms with Gasteiger partial charge in [-0.1, -0.05) is 12.1 Å². The summed E-state index contributed by atoms with van der Waals surface area (Å²) in [6, 6.07) is 19.9. The van der Waals surface area contributed by atoms with Gasteiger partial charge in [-0.05, 0) is 36.4 Å². The summed E-state index contributed by atoms with van der Waals surface area (Å²) in [6.07, 6.45) is 0. The number of halogens is 4. The Bertz CT molecular complexity index is 767. The van der Waals surface area contributed by atoms with Crippen molar-refractivity contribution in [2.45, 2.75) is 0 Å². The summed E-state index contributed by atoms with van der Waals surface area (Å²) in [5.74, 6) is 1.70. The average molecular weight is 324 g/mol. The molecular formula is C16H13BF4O2. The fourth-order valence-electron chi connectivity index (χ4n) is 1.94. The van der Waals surface area contributed by atoms with Gasteiger partial charge in [-0.15, -0.1) is 0 Å². The molecule has 0 atom stereocenters. The van der Waals surface area contributed by atoms with E-state index < -0.39 is 7.25 Å². The minimum Gasteiger partial charge on any atom is -0.497 e. The third-order valence-electron chi connectivity index (χ3n) is 2.93. The van der Waals surface area contributed by atoms with Crippen molar-refractivity contribution in [2.75, 3.05) is 7.11 Å². The van der Waals surface area contributed by atoms with Crippen LogP contribution in [0, 0.1) is 0 Å². The lowest BCUT2D eigenvalue weighted by Gasteiger charge is -1.98. The smallest absolute Gasteiger partial charge is 0.497 e. The van der Waals surface area contributed by atoms with Crippen LogP contribution in [-0.2, 0) is 0 Å². The van der Waals surface area contributed by atoms with Gasteiger partial charge in [-0.25, -0.2) is 4.42 Å². The molecule has 0 aliphatic carbocycles. The number of hydrogen-bond acceptors (Lipinski definition) is 1. The van der Waals surface area contributed by atoms with Gasteiger partial charge in [0.2, 0.25) is 0 Å². The van der Waals surface area contributed by atoms with Crippen LogP contribution in [0.5, 0.6) is 5.75 Å². The second-order valence-electron chi connectivity index (χ2n) is 4.56. The van der Waals surface area contributed by atoms with Gasteiger partial charge < -0.3 is 22.0 Å². The summed E-state index contributed by atoms with van der Waals surface area (Å²) < 4.78 is 50.0. The number of ether oxygens (including phenoxy) is 1. The zero-order valence-electron chi connectivity index (χ0n) is 12.2. The van der Waals surface area contributed by atoms with Gasteiger partial charge in [0, 0.05) is 12.1 Å². The Balaban J connectivity index is 0.000000338. The minimum atomic E-state index is -6.00. The second-order valence-corrected chi connectivity index (χ2v) is 4.56. The van der Waals surface area contributed by atoms with E-state index >= 15 is 0 Å². The molecule has 3 rings (SSSR count). The molecule has 0 radical (unpaired) electrons. The quantitative estimate of drug-likeness (QED) is 0.343. The van der Waals surface area contributed by atoms with E-state index in [1.54, 1.807) is 7.11 Å². The van der Waals surface area contributed by atoms with Gasteiger partial charge in [0.25, 0.3) is 0 Å². The maximum absolute atomic E-state index is 9.75. The molecule has 2 aromatic carbocycles. The molecule has 0 amide bonds. The molecule has 2 nitrogen and oxygen atoms in total. The first-order chi connectivity index (χ1) is 10.9. The number of hydrogen-bond donors (Lipinski definition) is 0. The Morgan fingerprint density at radius 3 is 2.04 bits per heavy atom. The van der Waals surface area contributed by atoms with Crippen LogP contribution in [0.25, 0.3) is 22.3 Å². The Hall–Kier alpha value is -2.57.